The lowest BCUT2D eigenvalue weighted by atomic mass is 10.1. The molecule has 0 saturated carbocycles. The molecule has 1 heterocycles. The molecule has 0 aliphatic carbocycles. The predicted octanol–water partition coefficient (Wildman–Crippen LogP) is 1.25. The van der Waals surface area contributed by atoms with Gasteiger partial charge in [-0.05, 0) is 13.0 Å². The van der Waals surface area contributed by atoms with E-state index in [1.807, 2.05) is 0 Å². The lowest BCUT2D eigenvalue weighted by Crippen LogP contribution is -2.57. The van der Waals surface area contributed by atoms with E-state index in [0.29, 0.717) is 0 Å². The molecule has 1 N–H and O–H groups in total. The zero-order valence-corrected chi connectivity index (χ0v) is 8.27. The maximum Gasteiger partial charge on any atom is 0.0348 e. The lowest BCUT2D eigenvalue weighted by molar-refractivity contribution is 0.165. The van der Waals surface area contributed by atoms with Crippen LogP contribution in [0.2, 0.25) is 0 Å². The van der Waals surface area contributed by atoms with Crippen molar-refractivity contribution >= 4 is 0 Å². The number of nitrogens with zero attached hydrogens (tertiary/aromatic N) is 1. The van der Waals surface area contributed by atoms with Crippen molar-refractivity contribution in [2.75, 3.05) is 26.2 Å². The summed E-state index contributed by atoms with van der Waals surface area (Å²) in [5.74, 6) is 0. The van der Waals surface area contributed by atoms with Crippen LogP contribution < -0.4 is 5.32 Å². The van der Waals surface area contributed by atoms with Crippen LogP contribution >= 0.6 is 0 Å². The first-order valence-corrected chi connectivity index (χ1v) is 4.89. The number of rotatable bonds is 5. The van der Waals surface area contributed by atoms with E-state index in [-0.39, 0.29) is 0 Å². The van der Waals surface area contributed by atoms with Gasteiger partial charge in [-0.2, -0.15) is 0 Å². The number of nitrogens with one attached hydrogen (secondary N) is 1. The van der Waals surface area contributed by atoms with E-state index >= 15 is 0 Å². The van der Waals surface area contributed by atoms with E-state index in [1.54, 1.807) is 0 Å². The largest absolute Gasteiger partial charge is 0.314 e. The Bertz CT molecular complexity index is 150. The van der Waals surface area contributed by atoms with Gasteiger partial charge >= 0.3 is 0 Å². The fraction of sp³-hybridized carbons (Fsp3) is 0.800. The average molecular weight is 168 g/mol. The van der Waals surface area contributed by atoms with Crippen LogP contribution in [0.15, 0.2) is 12.2 Å². The quantitative estimate of drug-likeness (QED) is 0.621. The molecule has 1 fully saturated rings. The van der Waals surface area contributed by atoms with Gasteiger partial charge in [-0.15, -0.1) is 0 Å². The minimum absolute atomic E-state index is 0.762. The summed E-state index contributed by atoms with van der Waals surface area (Å²) in [5, 5.41) is 3.30. The van der Waals surface area contributed by atoms with Crippen LogP contribution in [0.4, 0.5) is 0 Å². The fourth-order valence-electron chi connectivity index (χ4n) is 1.43. The Morgan fingerprint density at radius 1 is 1.50 bits per heavy atom. The third-order valence-electron chi connectivity index (χ3n) is 2.61. The summed E-state index contributed by atoms with van der Waals surface area (Å²) in [4.78, 5) is 2.50. The van der Waals surface area contributed by atoms with Crippen molar-refractivity contribution in [1.29, 1.82) is 0 Å². The minimum atomic E-state index is 0.762. The normalized spacial score (nSPS) is 17.9. The molecule has 0 radical (unpaired) electrons. The Morgan fingerprint density at radius 2 is 2.17 bits per heavy atom. The molecule has 0 unspecified atom stereocenters. The second kappa shape index (κ2) is 4.63. The van der Waals surface area contributed by atoms with E-state index in [2.05, 4.69) is 30.6 Å². The molecule has 1 rings (SSSR count). The topological polar surface area (TPSA) is 15.3 Å². The van der Waals surface area contributed by atoms with Crippen molar-refractivity contribution in [2.45, 2.75) is 26.3 Å². The van der Waals surface area contributed by atoms with Gasteiger partial charge in [-0.25, -0.2) is 0 Å². The summed E-state index contributed by atoms with van der Waals surface area (Å²) in [5.41, 5.74) is 1.35. The molecule has 0 spiro atoms. The molecular formula is C10H20N2. The molecule has 0 aromatic heterocycles. The predicted molar refractivity (Wildman–Crippen MR) is 53.3 cm³/mol. The minimum Gasteiger partial charge on any atom is -0.314 e. The van der Waals surface area contributed by atoms with Crippen molar-refractivity contribution < 1.29 is 0 Å². The van der Waals surface area contributed by atoms with Crippen LogP contribution in [0.25, 0.3) is 0 Å². The van der Waals surface area contributed by atoms with Crippen LogP contribution in [0.5, 0.6) is 0 Å². The monoisotopic (exact) mass is 168 g/mol. The molecule has 12 heavy (non-hydrogen) atoms. The first-order chi connectivity index (χ1) is 5.77. The summed E-state index contributed by atoms with van der Waals surface area (Å²) >= 11 is 0. The summed E-state index contributed by atoms with van der Waals surface area (Å²) in [6.45, 7) is 13.0. The van der Waals surface area contributed by atoms with Crippen LogP contribution in [-0.4, -0.2) is 37.1 Å². The highest BCUT2D eigenvalue weighted by molar-refractivity contribution is 4.98. The standard InChI is InChI=1S/C10H20N2/c1-4-9(3)8-12(5-2)10-6-11-7-10/h10-11H,3-8H2,1-2H3. The Kier molecular flexibility index (Phi) is 3.76. The van der Waals surface area contributed by atoms with E-state index in [0.717, 1.165) is 38.6 Å². The molecule has 0 aromatic rings. The van der Waals surface area contributed by atoms with Gasteiger partial charge in [0.2, 0.25) is 0 Å². The second-order valence-corrected chi connectivity index (χ2v) is 3.48. The molecule has 0 amide bonds. The van der Waals surface area contributed by atoms with Gasteiger partial charge in [0.15, 0.2) is 0 Å². The fourth-order valence-corrected chi connectivity index (χ4v) is 1.43. The number of likely N-dealkylation sites (N-methyl/N-ethyl adjacent to an activating group) is 1. The van der Waals surface area contributed by atoms with Gasteiger partial charge in [0.25, 0.3) is 0 Å². The molecule has 1 saturated heterocycles. The molecule has 0 bridgehead atoms. The third kappa shape index (κ3) is 2.32. The molecule has 1 aliphatic heterocycles. The third-order valence-corrected chi connectivity index (χ3v) is 2.61. The molecule has 2 nitrogen and oxygen atoms in total. The van der Waals surface area contributed by atoms with Crippen molar-refractivity contribution in [3.8, 4) is 0 Å². The van der Waals surface area contributed by atoms with Gasteiger partial charge in [-0.3, -0.25) is 4.90 Å². The van der Waals surface area contributed by atoms with Crippen LogP contribution in [0.3, 0.4) is 0 Å². The highest BCUT2D eigenvalue weighted by Crippen LogP contribution is 2.08. The van der Waals surface area contributed by atoms with Crippen molar-refractivity contribution in [3.05, 3.63) is 12.2 Å². The summed E-state index contributed by atoms with van der Waals surface area (Å²) in [6, 6.07) is 0.762. The Hall–Kier alpha value is -0.340. The van der Waals surface area contributed by atoms with Crippen LogP contribution in [0, 0.1) is 0 Å². The van der Waals surface area contributed by atoms with E-state index in [4.69, 9.17) is 0 Å². The van der Waals surface area contributed by atoms with E-state index in [1.165, 1.54) is 5.57 Å². The first kappa shape index (κ1) is 9.75. The van der Waals surface area contributed by atoms with Gasteiger partial charge < -0.3 is 5.32 Å². The summed E-state index contributed by atoms with van der Waals surface area (Å²) in [6.07, 6.45) is 1.11. The highest BCUT2D eigenvalue weighted by atomic mass is 15.2. The molecule has 0 aromatic carbocycles. The second-order valence-electron chi connectivity index (χ2n) is 3.48. The molecular weight excluding hydrogens is 148 g/mol. The van der Waals surface area contributed by atoms with Crippen molar-refractivity contribution in [2.24, 2.45) is 0 Å². The van der Waals surface area contributed by atoms with Crippen molar-refractivity contribution in [1.82, 2.24) is 10.2 Å². The summed E-state index contributed by atoms with van der Waals surface area (Å²) in [7, 11) is 0. The Morgan fingerprint density at radius 3 is 2.50 bits per heavy atom. The zero-order valence-electron chi connectivity index (χ0n) is 8.27. The van der Waals surface area contributed by atoms with Crippen LogP contribution in [-0.2, 0) is 0 Å². The van der Waals surface area contributed by atoms with Gasteiger partial charge in [0.1, 0.15) is 0 Å². The molecule has 70 valence electrons. The van der Waals surface area contributed by atoms with Crippen molar-refractivity contribution in [3.63, 3.8) is 0 Å². The van der Waals surface area contributed by atoms with Gasteiger partial charge in [0, 0.05) is 25.7 Å². The maximum atomic E-state index is 4.04. The SMILES string of the molecule is C=C(CC)CN(CC)C1CNC1. The molecule has 2 heteroatoms. The number of hydrogen-bond donors (Lipinski definition) is 1. The Labute approximate surface area is 75.6 Å². The number of hydrogen-bond acceptors (Lipinski definition) is 2. The maximum absolute atomic E-state index is 4.04. The Balaban J connectivity index is 2.29. The first-order valence-electron chi connectivity index (χ1n) is 4.89. The highest BCUT2D eigenvalue weighted by Gasteiger charge is 2.22. The molecule has 1 aliphatic rings. The smallest absolute Gasteiger partial charge is 0.0348 e. The lowest BCUT2D eigenvalue weighted by Gasteiger charge is -2.38. The van der Waals surface area contributed by atoms with Crippen LogP contribution in [0.1, 0.15) is 20.3 Å². The van der Waals surface area contributed by atoms with E-state index in [9.17, 15) is 0 Å². The zero-order chi connectivity index (χ0) is 8.97. The average Bonchev–Trinajstić information content (AvgIpc) is 1.99. The molecule has 0 atom stereocenters. The summed E-state index contributed by atoms with van der Waals surface area (Å²) < 4.78 is 0. The van der Waals surface area contributed by atoms with Gasteiger partial charge in [-0.1, -0.05) is 26.0 Å². The van der Waals surface area contributed by atoms with E-state index < -0.39 is 0 Å². The van der Waals surface area contributed by atoms with Gasteiger partial charge in [0.05, 0.1) is 0 Å².